The zero-order valence-corrected chi connectivity index (χ0v) is 30.3. The summed E-state index contributed by atoms with van der Waals surface area (Å²) in [6.45, 7) is 3.49. The second-order valence-corrected chi connectivity index (χ2v) is 13.1. The maximum Gasteiger partial charge on any atom is 0.212 e. The van der Waals surface area contributed by atoms with Gasteiger partial charge in [0.15, 0.2) is 6.29 Å². The zero-order valence-electron chi connectivity index (χ0n) is 30.3. The largest absolute Gasteiger partial charge is 0.488 e. The Morgan fingerprint density at radius 1 is 0.537 bits per heavy atom. The smallest absolute Gasteiger partial charge is 0.212 e. The molecule has 1 aliphatic rings. The van der Waals surface area contributed by atoms with Crippen LogP contribution >= 0.6 is 0 Å². The van der Waals surface area contributed by atoms with E-state index in [1.54, 1.807) is 6.07 Å². The first kappa shape index (κ1) is 36.8. The van der Waals surface area contributed by atoms with E-state index in [0.29, 0.717) is 56.3 Å². The molecule has 6 aromatic carbocycles. The molecule has 274 valence electrons. The van der Waals surface area contributed by atoms with Crippen molar-refractivity contribution in [3.63, 3.8) is 0 Å². The Labute approximate surface area is 317 Å². The summed E-state index contributed by atoms with van der Waals surface area (Å²) in [6, 6.07) is 49.6. The number of aldehydes is 1. The van der Waals surface area contributed by atoms with Gasteiger partial charge in [-0.05, 0) is 51.4 Å². The molecule has 2 atom stereocenters. The average molecular weight is 721 g/mol. The van der Waals surface area contributed by atoms with Gasteiger partial charge in [0.2, 0.25) is 12.6 Å². The molecule has 0 saturated carbocycles. The van der Waals surface area contributed by atoms with Crippen molar-refractivity contribution < 1.29 is 33.2 Å². The van der Waals surface area contributed by atoms with Gasteiger partial charge in [-0.25, -0.2) is 0 Å². The molecule has 0 aromatic heterocycles. The molecule has 1 heterocycles. The van der Waals surface area contributed by atoms with Crippen LogP contribution < -0.4 is 9.47 Å². The van der Waals surface area contributed by atoms with E-state index in [0.717, 1.165) is 50.8 Å². The molecule has 7 rings (SSSR count). The molecule has 0 amide bonds. The SMILES string of the molecule is CCc1c(OCc2ccccc2)cc(OCc2ccccc2)c(-c2cccc(C=O)c2)c1CC1O[C@@H](OCc2ccccc2)[C@H](OCc2ccccc2)O1. The van der Waals surface area contributed by atoms with Crippen molar-refractivity contribution in [1.29, 1.82) is 0 Å². The van der Waals surface area contributed by atoms with E-state index in [2.05, 4.69) is 6.92 Å². The van der Waals surface area contributed by atoms with Gasteiger partial charge >= 0.3 is 0 Å². The summed E-state index contributed by atoms with van der Waals surface area (Å²) in [6.07, 6.45) is -0.429. The van der Waals surface area contributed by atoms with E-state index >= 15 is 0 Å². The van der Waals surface area contributed by atoms with Gasteiger partial charge in [0.25, 0.3) is 0 Å². The zero-order chi connectivity index (χ0) is 37.0. The van der Waals surface area contributed by atoms with Crippen LogP contribution in [0.1, 0.15) is 50.7 Å². The van der Waals surface area contributed by atoms with E-state index in [4.69, 9.17) is 28.4 Å². The Bertz CT molecular complexity index is 2020. The summed E-state index contributed by atoms with van der Waals surface area (Å²) < 4.78 is 39.0. The second-order valence-electron chi connectivity index (χ2n) is 13.1. The van der Waals surface area contributed by atoms with E-state index < -0.39 is 18.9 Å². The molecular weight excluding hydrogens is 677 g/mol. The van der Waals surface area contributed by atoms with Crippen molar-refractivity contribution in [3.8, 4) is 22.6 Å². The first-order valence-corrected chi connectivity index (χ1v) is 18.4. The number of rotatable bonds is 17. The molecule has 6 aromatic rings. The topological polar surface area (TPSA) is 72.5 Å². The highest BCUT2D eigenvalue weighted by atomic mass is 16.9. The highest BCUT2D eigenvalue weighted by Gasteiger charge is 2.39. The molecule has 0 spiro atoms. The lowest BCUT2D eigenvalue weighted by atomic mass is 9.89. The molecule has 7 heteroatoms. The Kier molecular flexibility index (Phi) is 12.6. The van der Waals surface area contributed by atoms with Gasteiger partial charge in [-0.1, -0.05) is 146 Å². The summed E-state index contributed by atoms with van der Waals surface area (Å²) in [4.78, 5) is 12.0. The lowest BCUT2D eigenvalue weighted by Gasteiger charge is -2.24. The number of hydrogen-bond acceptors (Lipinski definition) is 7. The Morgan fingerprint density at radius 3 is 1.50 bits per heavy atom. The third-order valence-corrected chi connectivity index (χ3v) is 9.29. The maximum atomic E-state index is 12.0. The van der Waals surface area contributed by atoms with Crippen molar-refractivity contribution >= 4 is 6.29 Å². The fourth-order valence-corrected chi connectivity index (χ4v) is 6.60. The third-order valence-electron chi connectivity index (χ3n) is 9.29. The Balaban J connectivity index is 1.26. The summed E-state index contributed by atoms with van der Waals surface area (Å²) in [7, 11) is 0. The van der Waals surface area contributed by atoms with Gasteiger partial charge < -0.3 is 28.4 Å². The van der Waals surface area contributed by atoms with Crippen LogP contribution in [0.4, 0.5) is 0 Å². The predicted molar refractivity (Wildman–Crippen MR) is 208 cm³/mol. The van der Waals surface area contributed by atoms with Gasteiger partial charge in [-0.15, -0.1) is 0 Å². The van der Waals surface area contributed by atoms with E-state index in [-0.39, 0.29) is 0 Å². The predicted octanol–water partition coefficient (Wildman–Crippen LogP) is 9.89. The highest BCUT2D eigenvalue weighted by Crippen LogP contribution is 2.43. The van der Waals surface area contributed by atoms with Gasteiger partial charge in [0.1, 0.15) is 31.0 Å². The molecular formula is C47H44O7. The number of benzene rings is 6. The first-order valence-electron chi connectivity index (χ1n) is 18.4. The number of carbonyl (C=O) groups is 1. The highest BCUT2D eigenvalue weighted by molar-refractivity contribution is 5.83. The summed E-state index contributed by atoms with van der Waals surface area (Å²) in [5, 5.41) is 0. The lowest BCUT2D eigenvalue weighted by molar-refractivity contribution is -0.200. The minimum atomic E-state index is -0.780. The Hall–Kier alpha value is -5.57. The average Bonchev–Trinajstić information content (AvgIpc) is 3.63. The van der Waals surface area contributed by atoms with Gasteiger partial charge in [-0.3, -0.25) is 4.79 Å². The van der Waals surface area contributed by atoms with Crippen LogP contribution in [0.25, 0.3) is 11.1 Å². The van der Waals surface area contributed by atoms with Gasteiger partial charge in [-0.2, -0.15) is 0 Å². The second kappa shape index (κ2) is 18.5. The lowest BCUT2D eigenvalue weighted by Crippen LogP contribution is -2.28. The molecule has 1 saturated heterocycles. The number of hydrogen-bond donors (Lipinski definition) is 0. The molecule has 54 heavy (non-hydrogen) atoms. The van der Waals surface area contributed by atoms with Crippen LogP contribution in [0.5, 0.6) is 11.5 Å². The van der Waals surface area contributed by atoms with E-state index in [1.807, 2.05) is 146 Å². The monoisotopic (exact) mass is 720 g/mol. The molecule has 0 aliphatic carbocycles. The third kappa shape index (κ3) is 9.50. The molecule has 0 unspecified atom stereocenters. The fraction of sp³-hybridized carbons (Fsp3) is 0.213. The van der Waals surface area contributed by atoms with Gasteiger partial charge in [0.05, 0.1) is 13.2 Å². The standard InChI is InChI=1S/C47H44O7/c1-2-40-41(27-44-53-46(51-32-36-20-11-5-12-21-36)47(54-44)52-33-37-22-13-6-14-23-37)45(39-25-15-24-38(26-39)29-48)43(50-31-35-18-9-4-10-19-35)28-42(40)49-30-34-16-7-3-8-17-34/h3-26,28-29,44,46-47H,2,27,30-33H2,1H3/t46-,47-/m1/s1. The molecule has 0 N–H and O–H groups in total. The quantitative estimate of drug-likeness (QED) is 0.0869. The maximum absolute atomic E-state index is 12.0. The molecule has 0 bridgehead atoms. The number of carbonyl (C=O) groups excluding carboxylic acids is 1. The molecule has 0 radical (unpaired) electrons. The van der Waals surface area contributed by atoms with Crippen molar-refractivity contribution in [2.45, 2.75) is 65.1 Å². The van der Waals surface area contributed by atoms with Crippen LogP contribution in [0.2, 0.25) is 0 Å². The van der Waals surface area contributed by atoms with Gasteiger partial charge in [0, 0.05) is 23.6 Å². The van der Waals surface area contributed by atoms with Crippen LogP contribution in [-0.2, 0) is 58.2 Å². The minimum Gasteiger partial charge on any atom is -0.488 e. The molecule has 1 aliphatic heterocycles. The van der Waals surface area contributed by atoms with Crippen LogP contribution in [0.3, 0.4) is 0 Å². The summed E-state index contributed by atoms with van der Waals surface area (Å²) in [5.41, 5.74) is 8.28. The van der Waals surface area contributed by atoms with Crippen LogP contribution in [-0.4, -0.2) is 25.2 Å². The molecule has 1 fully saturated rings. The minimum absolute atomic E-state index is 0.330. The number of ether oxygens (including phenoxy) is 6. The first-order chi connectivity index (χ1) is 26.7. The summed E-state index contributed by atoms with van der Waals surface area (Å²) >= 11 is 0. The van der Waals surface area contributed by atoms with Crippen molar-refractivity contribution in [2.75, 3.05) is 0 Å². The normalized spacial score (nSPS) is 15.6. The fourth-order valence-electron chi connectivity index (χ4n) is 6.60. The van der Waals surface area contributed by atoms with Crippen LogP contribution in [0.15, 0.2) is 152 Å². The Morgan fingerprint density at radius 2 is 1.02 bits per heavy atom. The summed E-state index contributed by atoms with van der Waals surface area (Å²) in [5.74, 6) is 1.34. The van der Waals surface area contributed by atoms with Crippen LogP contribution in [0, 0.1) is 0 Å². The van der Waals surface area contributed by atoms with E-state index in [1.165, 1.54) is 0 Å². The van der Waals surface area contributed by atoms with Crippen molar-refractivity contribution in [3.05, 3.63) is 191 Å². The van der Waals surface area contributed by atoms with Crippen molar-refractivity contribution in [1.82, 2.24) is 0 Å². The van der Waals surface area contributed by atoms with E-state index in [9.17, 15) is 4.79 Å². The van der Waals surface area contributed by atoms with Crippen molar-refractivity contribution in [2.24, 2.45) is 0 Å². The molecule has 7 nitrogen and oxygen atoms in total.